The van der Waals surface area contributed by atoms with E-state index in [0.717, 1.165) is 30.3 Å². The van der Waals surface area contributed by atoms with Gasteiger partial charge in [0.1, 0.15) is 0 Å². The van der Waals surface area contributed by atoms with Gasteiger partial charge in [0.25, 0.3) is 0 Å². The lowest BCUT2D eigenvalue weighted by Crippen LogP contribution is -2.48. The van der Waals surface area contributed by atoms with Crippen molar-refractivity contribution in [1.82, 2.24) is 0 Å². The highest BCUT2D eigenvalue weighted by atomic mass is 16.5. The molecule has 3 unspecified atom stereocenters. The highest BCUT2D eigenvalue weighted by Gasteiger charge is 2.43. The summed E-state index contributed by atoms with van der Waals surface area (Å²) < 4.78 is 5.77. The van der Waals surface area contributed by atoms with Crippen LogP contribution in [0.4, 0.5) is 0 Å². The van der Waals surface area contributed by atoms with Crippen LogP contribution in [0, 0.1) is 23.7 Å². The van der Waals surface area contributed by atoms with Crippen molar-refractivity contribution in [2.75, 3.05) is 6.61 Å². The summed E-state index contributed by atoms with van der Waals surface area (Å²) in [5.74, 6) is 3.44. The second kappa shape index (κ2) is 3.02. The summed E-state index contributed by atoms with van der Waals surface area (Å²) in [7, 11) is 0. The van der Waals surface area contributed by atoms with Gasteiger partial charge in [-0.2, -0.15) is 0 Å². The molecule has 0 aromatic carbocycles. The third-order valence-corrected chi connectivity index (χ3v) is 3.85. The minimum absolute atomic E-state index is 0.586. The molecule has 0 amide bonds. The Hall–Kier alpha value is -0.0400. The van der Waals surface area contributed by atoms with Crippen molar-refractivity contribution in [3.8, 4) is 0 Å². The van der Waals surface area contributed by atoms with Gasteiger partial charge < -0.3 is 4.74 Å². The molecular weight excluding hydrogens is 148 g/mol. The second-order valence-corrected chi connectivity index (χ2v) is 4.89. The minimum Gasteiger partial charge on any atom is -0.378 e. The van der Waals surface area contributed by atoms with Gasteiger partial charge in [-0.15, -0.1) is 0 Å². The lowest BCUT2D eigenvalue weighted by atomic mass is 9.65. The molecule has 0 aromatic heterocycles. The maximum atomic E-state index is 5.77. The van der Waals surface area contributed by atoms with Crippen LogP contribution in [0.5, 0.6) is 0 Å². The highest BCUT2D eigenvalue weighted by molar-refractivity contribution is 4.91. The van der Waals surface area contributed by atoms with Crippen molar-refractivity contribution in [3.63, 3.8) is 0 Å². The number of rotatable bonds is 1. The molecule has 1 aliphatic carbocycles. The molecule has 3 aliphatic rings. The van der Waals surface area contributed by atoms with Crippen LogP contribution in [-0.2, 0) is 4.74 Å². The molecule has 3 fully saturated rings. The predicted octanol–water partition coefficient (Wildman–Crippen LogP) is 2.70. The molecule has 2 aliphatic heterocycles. The van der Waals surface area contributed by atoms with E-state index in [1.165, 1.54) is 12.8 Å². The van der Waals surface area contributed by atoms with Crippen molar-refractivity contribution >= 4 is 0 Å². The largest absolute Gasteiger partial charge is 0.378 e. The average molecular weight is 168 g/mol. The van der Waals surface area contributed by atoms with E-state index in [2.05, 4.69) is 20.8 Å². The van der Waals surface area contributed by atoms with Crippen molar-refractivity contribution in [2.24, 2.45) is 23.7 Å². The summed E-state index contributed by atoms with van der Waals surface area (Å²) in [4.78, 5) is 0. The van der Waals surface area contributed by atoms with Crippen molar-refractivity contribution in [2.45, 2.75) is 39.7 Å². The fourth-order valence-electron chi connectivity index (χ4n) is 3.34. The van der Waals surface area contributed by atoms with Gasteiger partial charge in [-0.05, 0) is 36.5 Å². The molecule has 4 atom stereocenters. The zero-order chi connectivity index (χ0) is 8.72. The Bertz CT molecular complexity index is 154. The number of hydrogen-bond acceptors (Lipinski definition) is 1. The maximum Gasteiger partial charge on any atom is 0.0603 e. The molecule has 0 aromatic rings. The molecule has 3 rings (SSSR count). The first kappa shape index (κ1) is 8.55. The Labute approximate surface area is 75.5 Å². The Balaban J connectivity index is 2.12. The van der Waals surface area contributed by atoms with E-state index in [-0.39, 0.29) is 0 Å². The molecule has 1 heteroatoms. The van der Waals surface area contributed by atoms with Crippen molar-refractivity contribution < 1.29 is 4.74 Å². The molecule has 1 nitrogen and oxygen atoms in total. The first-order valence-electron chi connectivity index (χ1n) is 5.31. The van der Waals surface area contributed by atoms with Crippen LogP contribution < -0.4 is 0 Å². The average Bonchev–Trinajstić information content (AvgIpc) is 2.05. The Kier molecular flexibility index (Phi) is 2.16. The van der Waals surface area contributed by atoms with Crippen LogP contribution in [0.3, 0.4) is 0 Å². The minimum atomic E-state index is 0.586. The number of ether oxygens (including phenoxy) is 1. The van der Waals surface area contributed by atoms with E-state index < -0.39 is 0 Å². The van der Waals surface area contributed by atoms with Gasteiger partial charge in [-0.25, -0.2) is 0 Å². The Morgan fingerprint density at radius 2 is 2.00 bits per heavy atom. The summed E-state index contributed by atoms with van der Waals surface area (Å²) in [6, 6.07) is 0. The topological polar surface area (TPSA) is 9.23 Å². The molecular formula is C11H20O. The van der Waals surface area contributed by atoms with Gasteiger partial charge in [0, 0.05) is 0 Å². The lowest BCUT2D eigenvalue weighted by Gasteiger charge is -2.49. The number of fused-ring (bicyclic) bond motifs is 3. The molecule has 12 heavy (non-hydrogen) atoms. The quantitative estimate of drug-likeness (QED) is 0.585. The van der Waals surface area contributed by atoms with Gasteiger partial charge in [0.05, 0.1) is 12.7 Å². The smallest absolute Gasteiger partial charge is 0.0603 e. The molecule has 2 heterocycles. The SMILES string of the molecule is CC(C)C1C2CCC(OC2)[C@@H]1C. The van der Waals surface area contributed by atoms with Gasteiger partial charge in [-0.3, -0.25) is 0 Å². The molecule has 0 spiro atoms. The third kappa shape index (κ3) is 1.19. The van der Waals surface area contributed by atoms with E-state index in [1.54, 1.807) is 0 Å². The Morgan fingerprint density at radius 3 is 2.33 bits per heavy atom. The summed E-state index contributed by atoms with van der Waals surface area (Å²) in [6.07, 6.45) is 3.31. The molecule has 0 radical (unpaired) electrons. The van der Waals surface area contributed by atoms with Crippen LogP contribution in [0.2, 0.25) is 0 Å². The van der Waals surface area contributed by atoms with Crippen LogP contribution in [0.25, 0.3) is 0 Å². The Morgan fingerprint density at radius 1 is 1.25 bits per heavy atom. The van der Waals surface area contributed by atoms with E-state index in [0.29, 0.717) is 6.10 Å². The molecule has 70 valence electrons. The zero-order valence-electron chi connectivity index (χ0n) is 8.42. The fourth-order valence-corrected chi connectivity index (χ4v) is 3.34. The van der Waals surface area contributed by atoms with Gasteiger partial charge in [-0.1, -0.05) is 20.8 Å². The third-order valence-electron chi connectivity index (χ3n) is 3.85. The van der Waals surface area contributed by atoms with E-state index >= 15 is 0 Å². The second-order valence-electron chi connectivity index (χ2n) is 4.89. The van der Waals surface area contributed by atoms with Gasteiger partial charge in [0.15, 0.2) is 0 Å². The number of hydrogen-bond donors (Lipinski definition) is 0. The van der Waals surface area contributed by atoms with Crippen LogP contribution in [-0.4, -0.2) is 12.7 Å². The molecule has 0 N–H and O–H groups in total. The van der Waals surface area contributed by atoms with Crippen LogP contribution in [0.1, 0.15) is 33.6 Å². The van der Waals surface area contributed by atoms with Crippen LogP contribution >= 0.6 is 0 Å². The lowest BCUT2D eigenvalue weighted by molar-refractivity contribution is -0.140. The predicted molar refractivity (Wildman–Crippen MR) is 50.0 cm³/mol. The van der Waals surface area contributed by atoms with Crippen molar-refractivity contribution in [1.29, 1.82) is 0 Å². The van der Waals surface area contributed by atoms with Gasteiger partial charge in [0.2, 0.25) is 0 Å². The molecule has 2 saturated heterocycles. The first-order chi connectivity index (χ1) is 5.70. The van der Waals surface area contributed by atoms with Gasteiger partial charge >= 0.3 is 0 Å². The summed E-state index contributed by atoms with van der Waals surface area (Å²) in [6.45, 7) is 8.14. The summed E-state index contributed by atoms with van der Waals surface area (Å²) in [5, 5.41) is 0. The highest BCUT2D eigenvalue weighted by Crippen LogP contribution is 2.44. The first-order valence-corrected chi connectivity index (χ1v) is 5.31. The maximum absolute atomic E-state index is 5.77. The van der Waals surface area contributed by atoms with E-state index in [1.807, 2.05) is 0 Å². The van der Waals surface area contributed by atoms with Crippen molar-refractivity contribution in [3.05, 3.63) is 0 Å². The zero-order valence-corrected chi connectivity index (χ0v) is 8.42. The summed E-state index contributed by atoms with van der Waals surface area (Å²) >= 11 is 0. The van der Waals surface area contributed by atoms with E-state index in [4.69, 9.17) is 4.74 Å². The normalized spacial score (nSPS) is 47.0. The standard InChI is InChI=1S/C11H20O/c1-7(2)11-8(3)10-5-4-9(11)6-12-10/h7-11H,4-6H2,1-3H3/t8-,9?,10?,11?/m0/s1. The van der Waals surface area contributed by atoms with Crippen LogP contribution in [0.15, 0.2) is 0 Å². The molecule has 1 saturated carbocycles. The van der Waals surface area contributed by atoms with E-state index in [9.17, 15) is 0 Å². The monoisotopic (exact) mass is 168 g/mol. The molecule has 2 bridgehead atoms. The fraction of sp³-hybridized carbons (Fsp3) is 1.00. The summed E-state index contributed by atoms with van der Waals surface area (Å²) in [5.41, 5.74) is 0.